The molecule has 0 bridgehead atoms. The molecule has 6 heteroatoms. The molecular weight excluding hydrogens is 362 g/mol. The number of fused-ring (bicyclic) bond motifs is 1. The van der Waals surface area contributed by atoms with Crippen molar-refractivity contribution in [3.05, 3.63) is 60.0 Å². The molecule has 29 heavy (non-hydrogen) atoms. The lowest BCUT2D eigenvalue weighted by Crippen LogP contribution is -2.37. The van der Waals surface area contributed by atoms with Gasteiger partial charge in [-0.2, -0.15) is 0 Å². The van der Waals surface area contributed by atoms with Gasteiger partial charge in [0.25, 0.3) is 5.91 Å². The van der Waals surface area contributed by atoms with Crippen molar-refractivity contribution in [2.24, 2.45) is 0 Å². The molecular formula is C23H29N5O. The van der Waals surface area contributed by atoms with Crippen LogP contribution in [0.25, 0.3) is 11.2 Å². The summed E-state index contributed by atoms with van der Waals surface area (Å²) in [5.74, 6) is -0.0366. The van der Waals surface area contributed by atoms with Gasteiger partial charge in [-0.3, -0.25) is 4.79 Å². The van der Waals surface area contributed by atoms with Crippen LogP contribution in [-0.2, 0) is 0 Å². The van der Waals surface area contributed by atoms with E-state index in [9.17, 15) is 4.79 Å². The van der Waals surface area contributed by atoms with Gasteiger partial charge in [-0.1, -0.05) is 43.2 Å². The van der Waals surface area contributed by atoms with Gasteiger partial charge in [0.15, 0.2) is 5.65 Å². The molecule has 1 saturated carbocycles. The van der Waals surface area contributed by atoms with E-state index in [0.29, 0.717) is 11.6 Å². The molecule has 1 aromatic carbocycles. The number of nitrogens with zero attached hydrogens (tertiary/aromatic N) is 5. The van der Waals surface area contributed by atoms with E-state index < -0.39 is 0 Å². The van der Waals surface area contributed by atoms with Crippen LogP contribution < -0.4 is 0 Å². The molecule has 2 heterocycles. The zero-order valence-electron chi connectivity index (χ0n) is 17.5. The molecule has 1 aliphatic carbocycles. The third kappa shape index (κ3) is 4.03. The number of imidazole rings is 1. The molecule has 4 rings (SSSR count). The molecule has 1 atom stereocenters. The average Bonchev–Trinajstić information content (AvgIpc) is 3.40. The Labute approximate surface area is 172 Å². The molecule has 1 aliphatic rings. The summed E-state index contributed by atoms with van der Waals surface area (Å²) < 4.78 is 2.18. The van der Waals surface area contributed by atoms with Gasteiger partial charge in [0.05, 0.1) is 17.9 Å². The largest absolute Gasteiger partial charge is 0.333 e. The van der Waals surface area contributed by atoms with Crippen molar-refractivity contribution in [2.75, 3.05) is 27.7 Å². The van der Waals surface area contributed by atoms with Gasteiger partial charge in [0.1, 0.15) is 5.52 Å². The number of hydrogen-bond donors (Lipinski definition) is 0. The monoisotopic (exact) mass is 391 g/mol. The second-order valence-electron chi connectivity index (χ2n) is 8.26. The van der Waals surface area contributed by atoms with E-state index in [1.165, 1.54) is 25.7 Å². The van der Waals surface area contributed by atoms with Crippen LogP contribution in [0.5, 0.6) is 0 Å². The fourth-order valence-electron chi connectivity index (χ4n) is 4.30. The van der Waals surface area contributed by atoms with Crippen molar-refractivity contribution in [1.29, 1.82) is 0 Å². The normalized spacial score (nSPS) is 15.9. The zero-order chi connectivity index (χ0) is 20.4. The molecule has 1 amide bonds. The third-order valence-electron chi connectivity index (χ3n) is 5.89. The van der Waals surface area contributed by atoms with Gasteiger partial charge in [-0.05, 0) is 38.6 Å². The van der Waals surface area contributed by atoms with Crippen LogP contribution in [0.15, 0.2) is 48.9 Å². The molecule has 0 saturated heterocycles. The van der Waals surface area contributed by atoms with Crippen LogP contribution in [0.2, 0.25) is 0 Å². The first-order valence-electron chi connectivity index (χ1n) is 10.3. The summed E-state index contributed by atoms with van der Waals surface area (Å²) in [6, 6.07) is 12.5. The van der Waals surface area contributed by atoms with Gasteiger partial charge in [0, 0.05) is 25.8 Å². The van der Waals surface area contributed by atoms with Crippen molar-refractivity contribution >= 4 is 17.1 Å². The second-order valence-corrected chi connectivity index (χ2v) is 8.26. The highest BCUT2D eigenvalue weighted by molar-refractivity contribution is 5.96. The van der Waals surface area contributed by atoms with E-state index in [2.05, 4.69) is 31.6 Å². The highest BCUT2D eigenvalue weighted by atomic mass is 16.2. The topological polar surface area (TPSA) is 54.3 Å². The first-order valence-corrected chi connectivity index (χ1v) is 10.3. The first kappa shape index (κ1) is 19.6. The number of aromatic nitrogens is 3. The van der Waals surface area contributed by atoms with Crippen LogP contribution >= 0.6 is 0 Å². The van der Waals surface area contributed by atoms with Crippen molar-refractivity contribution in [1.82, 2.24) is 24.3 Å². The Morgan fingerprint density at radius 1 is 1.14 bits per heavy atom. The molecule has 2 aromatic heterocycles. The highest BCUT2D eigenvalue weighted by Crippen LogP contribution is 2.31. The van der Waals surface area contributed by atoms with Crippen molar-refractivity contribution < 1.29 is 4.79 Å². The number of pyridine rings is 1. The summed E-state index contributed by atoms with van der Waals surface area (Å²) in [5, 5.41) is 0. The van der Waals surface area contributed by atoms with E-state index >= 15 is 0 Å². The minimum absolute atomic E-state index is 0.0366. The number of likely N-dealkylation sites (N-methyl/N-ethyl adjacent to an activating group) is 2. The Bertz CT molecular complexity index is 975. The maximum absolute atomic E-state index is 13.3. The van der Waals surface area contributed by atoms with Gasteiger partial charge in [-0.25, -0.2) is 9.97 Å². The molecule has 0 spiro atoms. The highest BCUT2D eigenvalue weighted by Gasteiger charge is 2.25. The predicted octanol–water partition coefficient (Wildman–Crippen LogP) is 3.92. The Morgan fingerprint density at radius 3 is 2.55 bits per heavy atom. The smallest absolute Gasteiger partial charge is 0.255 e. The van der Waals surface area contributed by atoms with Crippen molar-refractivity contribution in [3.8, 4) is 0 Å². The number of hydrogen-bond acceptors (Lipinski definition) is 4. The predicted molar refractivity (Wildman–Crippen MR) is 115 cm³/mol. The van der Waals surface area contributed by atoms with Crippen molar-refractivity contribution in [3.63, 3.8) is 0 Å². The molecule has 3 aromatic rings. The average molecular weight is 392 g/mol. The Morgan fingerprint density at radius 2 is 1.86 bits per heavy atom. The van der Waals surface area contributed by atoms with Crippen LogP contribution in [0.1, 0.15) is 53.7 Å². The maximum Gasteiger partial charge on any atom is 0.255 e. The Kier molecular flexibility index (Phi) is 5.62. The molecule has 6 nitrogen and oxygen atoms in total. The minimum Gasteiger partial charge on any atom is -0.333 e. The number of carbonyl (C=O) groups excluding carboxylic acids is 1. The number of rotatable bonds is 6. The van der Waals surface area contributed by atoms with E-state index in [-0.39, 0.29) is 11.9 Å². The van der Waals surface area contributed by atoms with Gasteiger partial charge in [-0.15, -0.1) is 0 Å². The summed E-state index contributed by atoms with van der Waals surface area (Å²) in [7, 11) is 5.92. The number of amides is 1. The molecule has 152 valence electrons. The van der Waals surface area contributed by atoms with E-state index in [1.54, 1.807) is 6.20 Å². The second kappa shape index (κ2) is 8.33. The standard InChI is InChI=1S/C23H29N5O/c1-26(2)15-21(17-9-5-4-6-10-17)27(3)23(29)18-13-20-22(24-14-18)28(16-25-20)19-11-7-8-12-19/h4-6,9-10,13-14,16,19,21H,7-8,11-12,15H2,1-3H3. The Balaban J connectivity index is 1.61. The summed E-state index contributed by atoms with van der Waals surface area (Å²) in [5.41, 5.74) is 3.37. The molecule has 0 radical (unpaired) electrons. The van der Waals surface area contributed by atoms with Gasteiger partial charge < -0.3 is 14.4 Å². The number of benzene rings is 1. The molecule has 0 aliphatic heterocycles. The third-order valence-corrected chi connectivity index (χ3v) is 5.89. The summed E-state index contributed by atoms with van der Waals surface area (Å²) in [6.45, 7) is 0.748. The zero-order valence-corrected chi connectivity index (χ0v) is 17.5. The molecule has 0 N–H and O–H groups in total. The first-order chi connectivity index (χ1) is 14.0. The molecule has 1 unspecified atom stereocenters. The van der Waals surface area contributed by atoms with Crippen LogP contribution in [0, 0.1) is 0 Å². The van der Waals surface area contributed by atoms with Crippen molar-refractivity contribution in [2.45, 2.75) is 37.8 Å². The minimum atomic E-state index is -0.0366. The van der Waals surface area contributed by atoms with Crippen LogP contribution in [0.3, 0.4) is 0 Å². The quantitative estimate of drug-likeness (QED) is 0.639. The fraction of sp³-hybridized carbons (Fsp3) is 0.435. The number of carbonyl (C=O) groups is 1. The van der Waals surface area contributed by atoms with Gasteiger partial charge >= 0.3 is 0 Å². The lowest BCUT2D eigenvalue weighted by molar-refractivity contribution is 0.0705. The lowest BCUT2D eigenvalue weighted by atomic mass is 10.0. The summed E-state index contributed by atoms with van der Waals surface area (Å²) in [6.07, 6.45) is 8.47. The van der Waals surface area contributed by atoms with E-state index in [4.69, 9.17) is 0 Å². The lowest BCUT2D eigenvalue weighted by Gasteiger charge is -2.31. The maximum atomic E-state index is 13.3. The summed E-state index contributed by atoms with van der Waals surface area (Å²) >= 11 is 0. The molecule has 1 fully saturated rings. The van der Waals surface area contributed by atoms with Crippen LogP contribution in [-0.4, -0.2) is 57.9 Å². The Hall–Kier alpha value is -2.73. The summed E-state index contributed by atoms with van der Waals surface area (Å²) in [4.78, 5) is 26.4. The van der Waals surface area contributed by atoms with E-state index in [1.807, 2.05) is 56.6 Å². The van der Waals surface area contributed by atoms with Crippen LogP contribution in [0.4, 0.5) is 0 Å². The van der Waals surface area contributed by atoms with Gasteiger partial charge in [0.2, 0.25) is 0 Å². The fourth-order valence-corrected chi connectivity index (χ4v) is 4.30. The SMILES string of the molecule is CN(C)CC(c1ccccc1)N(C)C(=O)c1cnc2c(c1)ncn2C1CCCC1. The van der Waals surface area contributed by atoms with E-state index in [0.717, 1.165) is 23.3 Å².